The fraction of sp³-hybridized carbons (Fsp3) is 0.400. The Hall–Kier alpha value is -1.92. The van der Waals surface area contributed by atoms with Gasteiger partial charge in [-0.2, -0.15) is 0 Å². The minimum absolute atomic E-state index is 0.268. The molecule has 0 aliphatic rings. The van der Waals surface area contributed by atoms with E-state index >= 15 is 0 Å². The van der Waals surface area contributed by atoms with E-state index in [1.54, 1.807) is 12.1 Å². The average molecular weight is 246 g/mol. The summed E-state index contributed by atoms with van der Waals surface area (Å²) in [5, 5.41) is 2.07. The lowest BCUT2D eigenvalue weighted by Gasteiger charge is -2.28. The molecule has 0 spiro atoms. The number of aromatic nitrogens is 1. The molecule has 1 rings (SSSR count). The summed E-state index contributed by atoms with van der Waals surface area (Å²) in [7, 11) is 0. The summed E-state index contributed by atoms with van der Waals surface area (Å²) in [4.78, 5) is 21.6. The fourth-order valence-electron chi connectivity index (χ4n) is 1.11. The van der Waals surface area contributed by atoms with E-state index in [0.29, 0.717) is 0 Å². The highest BCUT2D eigenvalue weighted by Gasteiger charge is 2.39. The highest BCUT2D eigenvalue weighted by molar-refractivity contribution is 5.71. The van der Waals surface area contributed by atoms with E-state index in [2.05, 4.69) is 5.32 Å². The molecule has 0 aliphatic carbocycles. The van der Waals surface area contributed by atoms with Crippen molar-refractivity contribution in [3.8, 4) is 0 Å². The van der Waals surface area contributed by atoms with E-state index in [9.17, 15) is 18.4 Å². The Morgan fingerprint density at radius 2 is 2.12 bits per heavy atom. The Morgan fingerprint density at radius 3 is 2.59 bits per heavy atom. The molecule has 0 radical (unpaired) electrons. The van der Waals surface area contributed by atoms with E-state index in [1.807, 2.05) is 0 Å². The van der Waals surface area contributed by atoms with Crippen molar-refractivity contribution in [2.45, 2.75) is 19.0 Å². The molecule has 1 N–H and O–H groups in total. The number of hydrogen-bond donors (Lipinski definition) is 1. The van der Waals surface area contributed by atoms with E-state index in [-0.39, 0.29) is 6.41 Å². The van der Waals surface area contributed by atoms with Crippen LogP contribution in [0, 0.1) is 0 Å². The molecule has 7 heteroatoms. The van der Waals surface area contributed by atoms with Crippen molar-refractivity contribution in [1.29, 1.82) is 0 Å². The molecule has 0 saturated carbocycles. The smallest absolute Gasteiger partial charge is 0.418 e. The number of halogens is 2. The van der Waals surface area contributed by atoms with Gasteiger partial charge in [0.2, 0.25) is 6.41 Å². The van der Waals surface area contributed by atoms with Gasteiger partial charge in [-0.15, -0.1) is 0 Å². The summed E-state index contributed by atoms with van der Waals surface area (Å²) in [6, 6.07) is 3.12. The molecule has 1 aromatic heterocycles. The van der Waals surface area contributed by atoms with Crippen LogP contribution in [0.4, 0.5) is 13.6 Å². The molecule has 5 nitrogen and oxygen atoms in total. The number of carbonyl (C=O) groups excluding carboxylic acids is 2. The number of nitrogens with one attached hydrogen (secondary N) is 1. The van der Waals surface area contributed by atoms with Crippen molar-refractivity contribution in [1.82, 2.24) is 9.88 Å². The topological polar surface area (TPSA) is 60.3 Å². The second-order valence-electron chi connectivity index (χ2n) is 3.57. The van der Waals surface area contributed by atoms with Crippen LogP contribution < -0.4 is 5.32 Å². The number of ether oxygens (including phenoxy) is 1. The summed E-state index contributed by atoms with van der Waals surface area (Å²) >= 11 is 0. The summed E-state index contributed by atoms with van der Waals surface area (Å²) in [5.74, 6) is 0. The normalized spacial score (nSPS) is 14.1. The minimum Gasteiger partial charge on any atom is -0.435 e. The summed E-state index contributed by atoms with van der Waals surface area (Å²) in [5.41, 5.74) is -2.05. The molecule has 94 valence electrons. The second kappa shape index (κ2) is 5.42. The third-order valence-corrected chi connectivity index (χ3v) is 2.13. The number of carbonyl (C=O) groups is 2. The maximum absolute atomic E-state index is 12.8. The third kappa shape index (κ3) is 3.27. The van der Waals surface area contributed by atoms with Gasteiger partial charge in [0.25, 0.3) is 6.43 Å². The van der Waals surface area contributed by atoms with E-state index < -0.39 is 24.7 Å². The number of amides is 1. The average Bonchev–Trinajstić information content (AvgIpc) is 2.79. The maximum atomic E-state index is 12.8. The van der Waals surface area contributed by atoms with Gasteiger partial charge in [0.1, 0.15) is 0 Å². The Kier molecular flexibility index (Phi) is 4.19. The van der Waals surface area contributed by atoms with Crippen molar-refractivity contribution in [2.24, 2.45) is 0 Å². The number of nitrogens with zero attached hydrogens (tertiary/aromatic N) is 1. The molecule has 0 fully saturated rings. The first-order chi connectivity index (χ1) is 7.99. The zero-order valence-electron chi connectivity index (χ0n) is 9.10. The van der Waals surface area contributed by atoms with Gasteiger partial charge in [-0.05, 0) is 19.1 Å². The van der Waals surface area contributed by atoms with Crippen LogP contribution in [0.1, 0.15) is 6.92 Å². The minimum atomic E-state index is -2.91. The van der Waals surface area contributed by atoms with Gasteiger partial charge >= 0.3 is 6.09 Å². The van der Waals surface area contributed by atoms with Gasteiger partial charge in [0.15, 0.2) is 5.60 Å². The predicted octanol–water partition coefficient (Wildman–Crippen LogP) is 1.24. The Labute approximate surface area is 96.4 Å². The number of hydrogen-bond acceptors (Lipinski definition) is 3. The van der Waals surface area contributed by atoms with Crippen LogP contribution in [-0.2, 0) is 9.53 Å². The lowest BCUT2D eigenvalue weighted by Crippen LogP contribution is -2.48. The fourth-order valence-corrected chi connectivity index (χ4v) is 1.11. The van der Waals surface area contributed by atoms with Crippen molar-refractivity contribution >= 4 is 12.5 Å². The first kappa shape index (κ1) is 13.1. The monoisotopic (exact) mass is 246 g/mol. The van der Waals surface area contributed by atoms with Crippen molar-refractivity contribution < 1.29 is 23.1 Å². The van der Waals surface area contributed by atoms with Gasteiger partial charge in [0.05, 0.1) is 6.54 Å². The molecule has 1 amide bonds. The molecule has 1 heterocycles. The van der Waals surface area contributed by atoms with Crippen molar-refractivity contribution in [3.63, 3.8) is 0 Å². The van der Waals surface area contributed by atoms with Crippen LogP contribution in [0.25, 0.3) is 0 Å². The summed E-state index contributed by atoms with van der Waals surface area (Å²) in [6.45, 7) is 0.594. The van der Waals surface area contributed by atoms with Gasteiger partial charge in [-0.1, -0.05) is 0 Å². The second-order valence-corrected chi connectivity index (χ2v) is 3.57. The molecule has 1 aromatic rings. The Balaban J connectivity index is 2.73. The van der Waals surface area contributed by atoms with Crippen LogP contribution in [0.3, 0.4) is 0 Å². The SMILES string of the molecule is C[C@@](CNC=O)(OC(=O)n1cccc1)C(F)F. The summed E-state index contributed by atoms with van der Waals surface area (Å²) in [6.07, 6.45) is -0.813. The number of rotatable bonds is 5. The van der Waals surface area contributed by atoms with E-state index in [1.165, 1.54) is 12.4 Å². The molecule has 1 atom stereocenters. The zero-order chi connectivity index (χ0) is 12.9. The molecule has 0 bridgehead atoms. The largest absolute Gasteiger partial charge is 0.435 e. The van der Waals surface area contributed by atoms with Crippen LogP contribution in [0.15, 0.2) is 24.5 Å². The molecular formula is C10H12F2N2O3. The first-order valence-electron chi connectivity index (χ1n) is 4.81. The molecule has 0 aliphatic heterocycles. The third-order valence-electron chi connectivity index (χ3n) is 2.13. The first-order valence-corrected chi connectivity index (χ1v) is 4.81. The standard InChI is InChI=1S/C10H12F2N2O3/c1-10(8(11)12,6-13-7-15)17-9(16)14-4-2-3-5-14/h2-5,7-8H,6H2,1H3,(H,13,15)/t10-/m0/s1. The van der Waals surface area contributed by atoms with Crippen LogP contribution >= 0.6 is 0 Å². The quantitative estimate of drug-likeness (QED) is 0.795. The van der Waals surface area contributed by atoms with Crippen LogP contribution in [-0.4, -0.2) is 35.6 Å². The number of alkyl halides is 2. The molecule has 17 heavy (non-hydrogen) atoms. The van der Waals surface area contributed by atoms with Crippen LogP contribution in [0.5, 0.6) is 0 Å². The molecule has 0 saturated heterocycles. The Morgan fingerprint density at radius 1 is 1.53 bits per heavy atom. The van der Waals surface area contributed by atoms with E-state index in [4.69, 9.17) is 4.74 Å². The van der Waals surface area contributed by atoms with Gasteiger partial charge in [-0.25, -0.2) is 13.6 Å². The zero-order valence-corrected chi connectivity index (χ0v) is 9.10. The predicted molar refractivity (Wildman–Crippen MR) is 54.8 cm³/mol. The van der Waals surface area contributed by atoms with Gasteiger partial charge in [0, 0.05) is 12.4 Å². The van der Waals surface area contributed by atoms with E-state index in [0.717, 1.165) is 11.5 Å². The van der Waals surface area contributed by atoms with Crippen LogP contribution in [0.2, 0.25) is 0 Å². The summed E-state index contributed by atoms with van der Waals surface area (Å²) < 4.78 is 31.3. The van der Waals surface area contributed by atoms with Gasteiger partial charge in [-0.3, -0.25) is 9.36 Å². The lowest BCUT2D eigenvalue weighted by molar-refractivity contribution is -0.114. The van der Waals surface area contributed by atoms with Gasteiger partial charge < -0.3 is 10.1 Å². The molecular weight excluding hydrogens is 234 g/mol. The highest BCUT2D eigenvalue weighted by atomic mass is 19.3. The molecule has 0 unspecified atom stereocenters. The highest BCUT2D eigenvalue weighted by Crippen LogP contribution is 2.20. The Bertz CT molecular complexity index is 381. The maximum Gasteiger partial charge on any atom is 0.418 e. The van der Waals surface area contributed by atoms with Crippen molar-refractivity contribution in [2.75, 3.05) is 6.54 Å². The lowest BCUT2D eigenvalue weighted by atomic mass is 10.1. The van der Waals surface area contributed by atoms with Crippen molar-refractivity contribution in [3.05, 3.63) is 24.5 Å². The molecule has 0 aromatic carbocycles.